The normalized spacial score (nSPS) is 12.7. The molecule has 2 rings (SSSR count). The number of thiophene rings is 1. The molecule has 0 saturated carbocycles. The lowest BCUT2D eigenvalue weighted by molar-refractivity contribution is -0.127. The topological polar surface area (TPSA) is 84.5 Å². The first-order valence-electron chi connectivity index (χ1n) is 6.27. The zero-order chi connectivity index (χ0) is 17.0. The molecule has 10 heteroatoms. The molecule has 1 atom stereocenters. The Labute approximate surface area is 154 Å². The van der Waals surface area contributed by atoms with Crippen LogP contribution in [0.1, 0.15) is 6.92 Å². The predicted molar refractivity (Wildman–Crippen MR) is 94.7 cm³/mol. The standard InChI is InChI=1S/C13H12Br2N2O4S2/c1-8(21-10-4-2-3-9(14)7-10)13(18)16-17-23(19,20)12-6-5-11(15)22-12/h2-8,17H,1H3,(H,16,18). The maximum atomic E-state index is 12.0. The SMILES string of the molecule is CC(Oc1cccc(Br)c1)C(=O)NNS(=O)(=O)c1ccc(Br)s1. The van der Waals surface area contributed by atoms with Crippen molar-refractivity contribution in [3.63, 3.8) is 0 Å². The van der Waals surface area contributed by atoms with E-state index in [0.717, 1.165) is 15.8 Å². The first kappa shape index (κ1) is 18.4. The second-order valence-electron chi connectivity index (χ2n) is 4.37. The fraction of sp³-hybridized carbons (Fsp3) is 0.154. The average molecular weight is 484 g/mol. The molecule has 1 unspecified atom stereocenters. The monoisotopic (exact) mass is 482 g/mol. The molecule has 0 bridgehead atoms. The zero-order valence-corrected chi connectivity index (χ0v) is 16.6. The van der Waals surface area contributed by atoms with Crippen LogP contribution in [0.25, 0.3) is 0 Å². The van der Waals surface area contributed by atoms with Gasteiger partial charge in [0.1, 0.15) is 9.96 Å². The van der Waals surface area contributed by atoms with E-state index in [1.165, 1.54) is 13.0 Å². The smallest absolute Gasteiger partial charge is 0.275 e. The van der Waals surface area contributed by atoms with Gasteiger partial charge in [0.05, 0.1) is 3.79 Å². The maximum Gasteiger partial charge on any atom is 0.275 e. The summed E-state index contributed by atoms with van der Waals surface area (Å²) in [7, 11) is -3.80. The van der Waals surface area contributed by atoms with Crippen LogP contribution in [0.15, 0.2) is 48.9 Å². The average Bonchev–Trinajstić information content (AvgIpc) is 2.92. The molecule has 0 saturated heterocycles. The van der Waals surface area contributed by atoms with Crippen molar-refractivity contribution in [1.29, 1.82) is 0 Å². The third kappa shape index (κ3) is 5.28. The molecule has 23 heavy (non-hydrogen) atoms. The number of hydrazine groups is 1. The van der Waals surface area contributed by atoms with Gasteiger partial charge in [-0.05, 0) is 53.2 Å². The van der Waals surface area contributed by atoms with Crippen molar-refractivity contribution >= 4 is 59.1 Å². The molecule has 1 heterocycles. The van der Waals surface area contributed by atoms with Crippen molar-refractivity contribution < 1.29 is 17.9 Å². The number of halogens is 2. The molecule has 0 aliphatic carbocycles. The number of rotatable bonds is 6. The Kier molecular flexibility index (Phi) is 6.20. The van der Waals surface area contributed by atoms with E-state index in [1.54, 1.807) is 24.3 Å². The Balaban J connectivity index is 1.93. The second kappa shape index (κ2) is 7.75. The largest absolute Gasteiger partial charge is 0.481 e. The molecule has 1 aromatic heterocycles. The molecule has 6 nitrogen and oxygen atoms in total. The Morgan fingerprint density at radius 3 is 2.61 bits per heavy atom. The fourth-order valence-electron chi connectivity index (χ4n) is 1.51. The van der Waals surface area contributed by atoms with Gasteiger partial charge in [-0.3, -0.25) is 10.2 Å². The summed E-state index contributed by atoms with van der Waals surface area (Å²) >= 11 is 7.52. The van der Waals surface area contributed by atoms with E-state index in [1.807, 2.05) is 10.9 Å². The lowest BCUT2D eigenvalue weighted by Gasteiger charge is -2.15. The predicted octanol–water partition coefficient (Wildman–Crippen LogP) is 3.05. The van der Waals surface area contributed by atoms with Crippen LogP contribution in [0, 0.1) is 0 Å². The number of sulfonamides is 1. The van der Waals surface area contributed by atoms with Gasteiger partial charge >= 0.3 is 0 Å². The molecule has 0 fully saturated rings. The van der Waals surface area contributed by atoms with Crippen molar-refractivity contribution in [3.8, 4) is 5.75 Å². The number of carbonyl (C=O) groups is 1. The first-order valence-corrected chi connectivity index (χ1v) is 10.2. The highest BCUT2D eigenvalue weighted by Gasteiger charge is 2.20. The Morgan fingerprint density at radius 2 is 2.00 bits per heavy atom. The van der Waals surface area contributed by atoms with Gasteiger partial charge in [0, 0.05) is 4.47 Å². The summed E-state index contributed by atoms with van der Waals surface area (Å²) in [5.41, 5.74) is 2.14. The van der Waals surface area contributed by atoms with Gasteiger partial charge in [-0.1, -0.05) is 22.0 Å². The van der Waals surface area contributed by atoms with Crippen LogP contribution in [0.4, 0.5) is 0 Å². The zero-order valence-electron chi connectivity index (χ0n) is 11.7. The van der Waals surface area contributed by atoms with Crippen LogP contribution >= 0.6 is 43.2 Å². The number of hydrogen-bond donors (Lipinski definition) is 2. The molecule has 0 spiro atoms. The van der Waals surface area contributed by atoms with Crippen molar-refractivity contribution in [3.05, 3.63) is 44.7 Å². The second-order valence-corrected chi connectivity index (χ2v) is 9.66. The first-order chi connectivity index (χ1) is 10.8. The van der Waals surface area contributed by atoms with Gasteiger partial charge in [-0.2, -0.15) is 0 Å². The number of benzene rings is 1. The summed E-state index contributed by atoms with van der Waals surface area (Å²) < 4.78 is 31.0. The van der Waals surface area contributed by atoms with Crippen molar-refractivity contribution in [1.82, 2.24) is 10.3 Å². The van der Waals surface area contributed by atoms with Gasteiger partial charge in [0.25, 0.3) is 15.9 Å². The van der Waals surface area contributed by atoms with E-state index in [4.69, 9.17) is 4.74 Å². The molecule has 0 aliphatic rings. The summed E-state index contributed by atoms with van der Waals surface area (Å²) in [5, 5.41) is 0. The molecular weight excluding hydrogens is 472 g/mol. The molecular formula is C13H12Br2N2O4S2. The number of hydrogen-bond acceptors (Lipinski definition) is 5. The minimum Gasteiger partial charge on any atom is -0.481 e. The Morgan fingerprint density at radius 1 is 1.26 bits per heavy atom. The highest BCUT2D eigenvalue weighted by atomic mass is 79.9. The molecule has 1 amide bonds. The summed E-state index contributed by atoms with van der Waals surface area (Å²) in [6.07, 6.45) is -0.873. The Bertz CT molecular complexity index is 808. The van der Waals surface area contributed by atoms with Crippen LogP contribution < -0.4 is 15.0 Å². The molecule has 2 aromatic rings. The van der Waals surface area contributed by atoms with Crippen molar-refractivity contribution in [2.75, 3.05) is 0 Å². The maximum absolute atomic E-state index is 12.0. The number of amides is 1. The molecule has 0 radical (unpaired) electrons. The van der Waals surface area contributed by atoms with E-state index in [9.17, 15) is 13.2 Å². The van der Waals surface area contributed by atoms with Crippen LogP contribution in [0.5, 0.6) is 5.75 Å². The van der Waals surface area contributed by atoms with E-state index in [0.29, 0.717) is 9.54 Å². The van der Waals surface area contributed by atoms with E-state index < -0.39 is 22.0 Å². The van der Waals surface area contributed by atoms with E-state index >= 15 is 0 Å². The van der Waals surface area contributed by atoms with Crippen LogP contribution in [0.2, 0.25) is 0 Å². The highest BCUT2D eigenvalue weighted by Crippen LogP contribution is 2.25. The van der Waals surface area contributed by atoms with Gasteiger partial charge in [0.15, 0.2) is 6.10 Å². The van der Waals surface area contributed by atoms with Gasteiger partial charge in [-0.15, -0.1) is 16.2 Å². The minimum atomic E-state index is -3.80. The third-order valence-electron chi connectivity index (χ3n) is 2.60. The summed E-state index contributed by atoms with van der Waals surface area (Å²) in [6, 6.07) is 10.0. The van der Waals surface area contributed by atoms with Crippen LogP contribution in [-0.4, -0.2) is 20.4 Å². The quantitative estimate of drug-likeness (QED) is 0.618. The van der Waals surface area contributed by atoms with E-state index in [2.05, 4.69) is 37.3 Å². The summed E-state index contributed by atoms with van der Waals surface area (Å²) in [6.45, 7) is 1.52. The lowest BCUT2D eigenvalue weighted by atomic mass is 10.3. The minimum absolute atomic E-state index is 0.0882. The highest BCUT2D eigenvalue weighted by molar-refractivity contribution is 9.11. The Hall–Kier alpha value is -0.940. The molecule has 0 aliphatic heterocycles. The van der Waals surface area contributed by atoms with Gasteiger partial charge < -0.3 is 4.74 Å². The van der Waals surface area contributed by atoms with Gasteiger partial charge in [-0.25, -0.2) is 8.42 Å². The van der Waals surface area contributed by atoms with E-state index in [-0.39, 0.29) is 4.21 Å². The van der Waals surface area contributed by atoms with Crippen LogP contribution in [0.3, 0.4) is 0 Å². The van der Waals surface area contributed by atoms with Crippen LogP contribution in [-0.2, 0) is 14.8 Å². The lowest BCUT2D eigenvalue weighted by Crippen LogP contribution is -2.46. The summed E-state index contributed by atoms with van der Waals surface area (Å²) in [5.74, 6) is -0.115. The third-order valence-corrected chi connectivity index (χ3v) is 6.46. The van der Waals surface area contributed by atoms with Crippen molar-refractivity contribution in [2.24, 2.45) is 0 Å². The molecule has 1 aromatic carbocycles. The number of ether oxygens (including phenoxy) is 1. The fourth-order valence-corrected chi connectivity index (χ4v) is 4.74. The molecule has 124 valence electrons. The number of carbonyl (C=O) groups excluding carboxylic acids is 1. The van der Waals surface area contributed by atoms with Gasteiger partial charge in [0.2, 0.25) is 0 Å². The van der Waals surface area contributed by atoms with Crippen molar-refractivity contribution in [2.45, 2.75) is 17.2 Å². The summed E-state index contributed by atoms with van der Waals surface area (Å²) in [4.78, 5) is 14.0. The molecule has 2 N–H and O–H groups in total. The number of nitrogens with one attached hydrogen (secondary N) is 2.